The number of rotatable bonds is 11. The number of hydrogen-bond donors (Lipinski definition) is 1. The summed E-state index contributed by atoms with van der Waals surface area (Å²) in [5.74, 6) is 0.151. The standard InChI is InChI=1S/C14H28ClNO/c1-3-5-6-7-8-9-10-11-14(17)16-12-13(15)4-2/h13H,3-12H2,1-2H3,(H,16,17). The molecule has 1 amide bonds. The Labute approximate surface area is 111 Å². The van der Waals surface area contributed by atoms with Gasteiger partial charge in [0, 0.05) is 13.0 Å². The van der Waals surface area contributed by atoms with Crippen molar-refractivity contribution in [2.45, 2.75) is 77.0 Å². The summed E-state index contributed by atoms with van der Waals surface area (Å²) < 4.78 is 0. The molecule has 2 nitrogen and oxygen atoms in total. The van der Waals surface area contributed by atoms with Gasteiger partial charge in [-0.25, -0.2) is 0 Å². The highest BCUT2D eigenvalue weighted by Gasteiger charge is 2.04. The molecule has 1 unspecified atom stereocenters. The Morgan fingerprint density at radius 3 is 2.24 bits per heavy atom. The molecular formula is C14H28ClNO. The molecule has 0 saturated heterocycles. The van der Waals surface area contributed by atoms with Crippen LogP contribution in [0.25, 0.3) is 0 Å². The molecule has 0 rings (SSSR count). The molecule has 3 heteroatoms. The number of hydrogen-bond acceptors (Lipinski definition) is 1. The van der Waals surface area contributed by atoms with Gasteiger partial charge in [-0.05, 0) is 12.8 Å². The Morgan fingerprint density at radius 1 is 1.06 bits per heavy atom. The lowest BCUT2D eigenvalue weighted by molar-refractivity contribution is -0.121. The Bertz CT molecular complexity index is 185. The zero-order chi connectivity index (χ0) is 12.9. The summed E-state index contributed by atoms with van der Waals surface area (Å²) in [6.45, 7) is 4.86. The van der Waals surface area contributed by atoms with Crippen LogP contribution in [0.2, 0.25) is 0 Å². The van der Waals surface area contributed by atoms with Gasteiger partial charge in [-0.1, -0.05) is 52.4 Å². The molecular weight excluding hydrogens is 234 g/mol. The van der Waals surface area contributed by atoms with Crippen LogP contribution in [0.5, 0.6) is 0 Å². The maximum absolute atomic E-state index is 11.4. The SMILES string of the molecule is CCCCCCCCCC(=O)NCC(Cl)CC. The van der Waals surface area contributed by atoms with E-state index in [1.54, 1.807) is 0 Å². The lowest BCUT2D eigenvalue weighted by atomic mass is 10.1. The second-order valence-corrected chi connectivity index (χ2v) is 5.30. The van der Waals surface area contributed by atoms with Gasteiger partial charge in [-0.15, -0.1) is 11.6 Å². The minimum atomic E-state index is 0.0768. The van der Waals surface area contributed by atoms with Crippen molar-refractivity contribution in [1.82, 2.24) is 5.32 Å². The average Bonchev–Trinajstić information content (AvgIpc) is 2.34. The second-order valence-electron chi connectivity index (χ2n) is 4.68. The highest BCUT2D eigenvalue weighted by molar-refractivity contribution is 6.20. The van der Waals surface area contributed by atoms with Gasteiger partial charge in [0.15, 0.2) is 0 Å². The molecule has 0 fully saturated rings. The van der Waals surface area contributed by atoms with E-state index in [0.29, 0.717) is 13.0 Å². The van der Waals surface area contributed by atoms with E-state index >= 15 is 0 Å². The van der Waals surface area contributed by atoms with Crippen LogP contribution >= 0.6 is 11.6 Å². The molecule has 1 atom stereocenters. The van der Waals surface area contributed by atoms with Gasteiger partial charge < -0.3 is 5.32 Å². The van der Waals surface area contributed by atoms with Crippen molar-refractivity contribution in [1.29, 1.82) is 0 Å². The molecule has 0 aromatic heterocycles. The van der Waals surface area contributed by atoms with Gasteiger partial charge >= 0.3 is 0 Å². The molecule has 17 heavy (non-hydrogen) atoms. The van der Waals surface area contributed by atoms with Crippen LogP contribution in [-0.2, 0) is 4.79 Å². The van der Waals surface area contributed by atoms with Crippen LogP contribution in [0.3, 0.4) is 0 Å². The third-order valence-corrected chi connectivity index (χ3v) is 3.43. The van der Waals surface area contributed by atoms with Gasteiger partial charge in [-0.2, -0.15) is 0 Å². The minimum Gasteiger partial charge on any atom is -0.355 e. The fourth-order valence-corrected chi connectivity index (χ4v) is 1.78. The van der Waals surface area contributed by atoms with Crippen LogP contribution in [0.15, 0.2) is 0 Å². The van der Waals surface area contributed by atoms with Gasteiger partial charge in [-0.3, -0.25) is 4.79 Å². The lowest BCUT2D eigenvalue weighted by Crippen LogP contribution is -2.29. The number of halogens is 1. The van der Waals surface area contributed by atoms with Crippen molar-refractivity contribution >= 4 is 17.5 Å². The molecule has 0 heterocycles. The first-order chi connectivity index (χ1) is 8.20. The normalized spacial score (nSPS) is 12.4. The van der Waals surface area contributed by atoms with Crippen molar-refractivity contribution in [2.24, 2.45) is 0 Å². The molecule has 0 aliphatic heterocycles. The summed E-state index contributed by atoms with van der Waals surface area (Å²) in [4.78, 5) is 11.4. The number of nitrogens with one attached hydrogen (secondary N) is 1. The summed E-state index contributed by atoms with van der Waals surface area (Å²) in [5, 5.41) is 2.95. The Hall–Kier alpha value is -0.240. The zero-order valence-electron chi connectivity index (χ0n) is 11.4. The number of amides is 1. The monoisotopic (exact) mass is 261 g/mol. The molecule has 0 aromatic rings. The molecule has 0 radical (unpaired) electrons. The highest BCUT2D eigenvalue weighted by Crippen LogP contribution is 2.08. The average molecular weight is 262 g/mol. The molecule has 0 bridgehead atoms. The van der Waals surface area contributed by atoms with Crippen LogP contribution in [-0.4, -0.2) is 17.8 Å². The summed E-state index contributed by atoms with van der Waals surface area (Å²) in [6.07, 6.45) is 10.3. The highest BCUT2D eigenvalue weighted by atomic mass is 35.5. The second kappa shape index (κ2) is 12.2. The number of unbranched alkanes of at least 4 members (excludes halogenated alkanes) is 6. The lowest BCUT2D eigenvalue weighted by Gasteiger charge is -2.08. The van der Waals surface area contributed by atoms with Crippen molar-refractivity contribution in [2.75, 3.05) is 6.54 Å². The maximum atomic E-state index is 11.4. The first-order valence-electron chi connectivity index (χ1n) is 7.11. The number of alkyl halides is 1. The van der Waals surface area contributed by atoms with Crippen LogP contribution < -0.4 is 5.32 Å². The van der Waals surface area contributed by atoms with Gasteiger partial charge in [0.25, 0.3) is 0 Å². The third kappa shape index (κ3) is 12.0. The van der Waals surface area contributed by atoms with Crippen LogP contribution in [0.4, 0.5) is 0 Å². The topological polar surface area (TPSA) is 29.1 Å². The van der Waals surface area contributed by atoms with Crippen molar-refractivity contribution < 1.29 is 4.79 Å². The van der Waals surface area contributed by atoms with Gasteiger partial charge in [0.1, 0.15) is 0 Å². The zero-order valence-corrected chi connectivity index (χ0v) is 12.2. The Morgan fingerprint density at radius 2 is 1.65 bits per heavy atom. The quantitative estimate of drug-likeness (QED) is 0.437. The predicted octanol–water partition coefficient (Wildman–Crippen LogP) is 4.26. The third-order valence-electron chi connectivity index (χ3n) is 2.97. The van der Waals surface area contributed by atoms with Crippen LogP contribution in [0.1, 0.15) is 71.6 Å². The van der Waals surface area contributed by atoms with E-state index < -0.39 is 0 Å². The first-order valence-corrected chi connectivity index (χ1v) is 7.55. The molecule has 1 N–H and O–H groups in total. The van der Waals surface area contributed by atoms with E-state index in [-0.39, 0.29) is 11.3 Å². The number of carbonyl (C=O) groups excluding carboxylic acids is 1. The molecule has 0 aliphatic rings. The molecule has 0 spiro atoms. The van der Waals surface area contributed by atoms with E-state index in [4.69, 9.17) is 11.6 Å². The molecule has 102 valence electrons. The van der Waals surface area contributed by atoms with Crippen LogP contribution in [0, 0.1) is 0 Å². The Kier molecular flexibility index (Phi) is 12.1. The maximum Gasteiger partial charge on any atom is 0.220 e. The largest absolute Gasteiger partial charge is 0.355 e. The summed E-state index contributed by atoms with van der Waals surface area (Å²) >= 11 is 5.93. The Balaban J connectivity index is 3.22. The first kappa shape index (κ1) is 16.8. The molecule has 0 aliphatic carbocycles. The van der Waals surface area contributed by atoms with E-state index in [1.165, 1.54) is 38.5 Å². The van der Waals surface area contributed by atoms with Gasteiger partial charge in [0.05, 0.1) is 5.38 Å². The van der Waals surface area contributed by atoms with E-state index in [0.717, 1.165) is 12.8 Å². The number of carbonyl (C=O) groups is 1. The van der Waals surface area contributed by atoms with Crippen molar-refractivity contribution in [3.63, 3.8) is 0 Å². The summed E-state index contributed by atoms with van der Waals surface area (Å²) in [7, 11) is 0. The molecule has 0 saturated carbocycles. The van der Waals surface area contributed by atoms with E-state index in [2.05, 4.69) is 12.2 Å². The van der Waals surface area contributed by atoms with Gasteiger partial charge in [0.2, 0.25) is 5.91 Å². The smallest absolute Gasteiger partial charge is 0.220 e. The fourth-order valence-electron chi connectivity index (χ4n) is 1.70. The fraction of sp³-hybridized carbons (Fsp3) is 0.929. The molecule has 0 aromatic carbocycles. The van der Waals surface area contributed by atoms with Crippen molar-refractivity contribution in [3.05, 3.63) is 0 Å². The van der Waals surface area contributed by atoms with E-state index in [1.807, 2.05) is 6.92 Å². The predicted molar refractivity (Wildman–Crippen MR) is 75.6 cm³/mol. The summed E-state index contributed by atoms with van der Waals surface area (Å²) in [5.41, 5.74) is 0. The summed E-state index contributed by atoms with van der Waals surface area (Å²) in [6, 6.07) is 0. The van der Waals surface area contributed by atoms with E-state index in [9.17, 15) is 4.79 Å². The van der Waals surface area contributed by atoms with Crippen molar-refractivity contribution in [3.8, 4) is 0 Å². The minimum absolute atomic E-state index is 0.0768.